The molecule has 3 rings (SSSR count). The Labute approximate surface area is 112 Å². The molecule has 1 heterocycles. The Morgan fingerprint density at radius 2 is 1.84 bits per heavy atom. The van der Waals surface area contributed by atoms with E-state index in [2.05, 4.69) is 34.7 Å². The number of hydrogen-bond acceptors (Lipinski definition) is 2. The van der Waals surface area contributed by atoms with E-state index in [-0.39, 0.29) is 0 Å². The van der Waals surface area contributed by atoms with Crippen LogP contribution in [0.15, 0.2) is 54.9 Å². The molecule has 1 aromatic heterocycles. The zero-order chi connectivity index (χ0) is 13.1. The summed E-state index contributed by atoms with van der Waals surface area (Å²) in [6.07, 6.45) is 1.86. The summed E-state index contributed by atoms with van der Waals surface area (Å²) in [5, 5.41) is 0. The summed E-state index contributed by atoms with van der Waals surface area (Å²) >= 11 is 0. The highest BCUT2D eigenvalue weighted by atomic mass is 16.5. The fourth-order valence-corrected chi connectivity index (χ4v) is 2.08. The zero-order valence-electron chi connectivity index (χ0n) is 10.9. The van der Waals surface area contributed by atoms with E-state index in [0.717, 1.165) is 23.3 Å². The SMILES string of the molecule is Cc1ccc(OCCn2cnc3ccccc32)cc1. The number of rotatable bonds is 4. The van der Waals surface area contributed by atoms with E-state index in [1.165, 1.54) is 5.56 Å². The summed E-state index contributed by atoms with van der Waals surface area (Å²) in [7, 11) is 0. The van der Waals surface area contributed by atoms with Crippen molar-refractivity contribution in [2.45, 2.75) is 13.5 Å². The number of aryl methyl sites for hydroxylation is 1. The van der Waals surface area contributed by atoms with Gasteiger partial charge in [-0.1, -0.05) is 29.8 Å². The van der Waals surface area contributed by atoms with Crippen molar-refractivity contribution in [2.75, 3.05) is 6.61 Å². The lowest BCUT2D eigenvalue weighted by molar-refractivity contribution is 0.300. The molecule has 0 N–H and O–H groups in total. The van der Waals surface area contributed by atoms with Gasteiger partial charge in [0.2, 0.25) is 0 Å². The third kappa shape index (κ3) is 2.60. The molecule has 0 radical (unpaired) electrons. The molecule has 0 bridgehead atoms. The highest BCUT2D eigenvalue weighted by Crippen LogP contribution is 2.13. The topological polar surface area (TPSA) is 27.1 Å². The summed E-state index contributed by atoms with van der Waals surface area (Å²) < 4.78 is 7.85. The molecule has 0 amide bonds. The first-order valence-corrected chi connectivity index (χ1v) is 6.42. The molecule has 3 aromatic rings. The molecule has 0 saturated heterocycles. The van der Waals surface area contributed by atoms with Crippen LogP contribution in [0.5, 0.6) is 5.75 Å². The van der Waals surface area contributed by atoms with Crippen molar-refractivity contribution in [1.29, 1.82) is 0 Å². The fraction of sp³-hybridized carbons (Fsp3) is 0.188. The van der Waals surface area contributed by atoms with Gasteiger partial charge in [0.25, 0.3) is 0 Å². The molecule has 2 aromatic carbocycles. The number of nitrogens with zero attached hydrogens (tertiary/aromatic N) is 2. The average Bonchev–Trinajstić information content (AvgIpc) is 2.85. The lowest BCUT2D eigenvalue weighted by atomic mass is 10.2. The van der Waals surface area contributed by atoms with Crippen LogP contribution in [-0.4, -0.2) is 16.2 Å². The fourth-order valence-electron chi connectivity index (χ4n) is 2.08. The van der Waals surface area contributed by atoms with Crippen LogP contribution in [0, 0.1) is 6.92 Å². The minimum Gasteiger partial charge on any atom is -0.492 e. The van der Waals surface area contributed by atoms with Crippen molar-refractivity contribution in [3.63, 3.8) is 0 Å². The third-order valence-electron chi connectivity index (χ3n) is 3.15. The van der Waals surface area contributed by atoms with Crippen LogP contribution >= 0.6 is 0 Å². The van der Waals surface area contributed by atoms with Crippen LogP contribution in [0.25, 0.3) is 11.0 Å². The third-order valence-corrected chi connectivity index (χ3v) is 3.15. The Morgan fingerprint density at radius 1 is 1.05 bits per heavy atom. The Hall–Kier alpha value is -2.29. The van der Waals surface area contributed by atoms with Gasteiger partial charge in [-0.3, -0.25) is 0 Å². The summed E-state index contributed by atoms with van der Waals surface area (Å²) in [5.74, 6) is 0.912. The number of fused-ring (bicyclic) bond motifs is 1. The highest BCUT2D eigenvalue weighted by molar-refractivity contribution is 5.74. The van der Waals surface area contributed by atoms with Crippen molar-refractivity contribution in [2.24, 2.45) is 0 Å². The molecule has 0 unspecified atom stereocenters. The van der Waals surface area contributed by atoms with Crippen molar-refractivity contribution in [1.82, 2.24) is 9.55 Å². The van der Waals surface area contributed by atoms with Gasteiger partial charge in [-0.25, -0.2) is 4.98 Å². The summed E-state index contributed by atoms with van der Waals surface area (Å²) in [4.78, 5) is 4.36. The molecule has 0 saturated carbocycles. The molecule has 3 heteroatoms. The van der Waals surface area contributed by atoms with E-state index in [4.69, 9.17) is 4.74 Å². The smallest absolute Gasteiger partial charge is 0.119 e. The molecule has 3 nitrogen and oxygen atoms in total. The minimum absolute atomic E-state index is 0.642. The first-order chi connectivity index (χ1) is 9.33. The Bertz CT molecular complexity index is 671. The Balaban J connectivity index is 1.65. The van der Waals surface area contributed by atoms with Crippen molar-refractivity contribution in [3.8, 4) is 5.75 Å². The monoisotopic (exact) mass is 252 g/mol. The van der Waals surface area contributed by atoms with Crippen LogP contribution < -0.4 is 4.74 Å². The Morgan fingerprint density at radius 3 is 2.68 bits per heavy atom. The predicted octanol–water partition coefficient (Wildman–Crippen LogP) is 3.42. The van der Waals surface area contributed by atoms with Crippen LogP contribution in [0.1, 0.15) is 5.56 Å². The maximum absolute atomic E-state index is 5.73. The molecule has 0 aliphatic heterocycles. The van der Waals surface area contributed by atoms with Crippen LogP contribution in [-0.2, 0) is 6.54 Å². The maximum Gasteiger partial charge on any atom is 0.119 e. The summed E-state index contributed by atoms with van der Waals surface area (Å²) in [6.45, 7) is 3.51. The first-order valence-electron chi connectivity index (χ1n) is 6.42. The first kappa shape index (κ1) is 11.8. The molecule has 0 atom stereocenters. The van der Waals surface area contributed by atoms with Crippen LogP contribution in [0.3, 0.4) is 0 Å². The molecule has 0 fully saturated rings. The van der Waals surface area contributed by atoms with Crippen molar-refractivity contribution < 1.29 is 4.74 Å². The van der Waals surface area contributed by atoms with Crippen molar-refractivity contribution >= 4 is 11.0 Å². The van der Waals surface area contributed by atoms with E-state index in [1.54, 1.807) is 0 Å². The molecule has 0 spiro atoms. The minimum atomic E-state index is 0.642. The molecular weight excluding hydrogens is 236 g/mol. The standard InChI is InChI=1S/C16H16N2O/c1-13-6-8-14(9-7-13)19-11-10-18-12-17-15-4-2-3-5-16(15)18/h2-9,12H,10-11H2,1H3. The van der Waals surface area contributed by atoms with Crippen LogP contribution in [0.2, 0.25) is 0 Å². The number of ether oxygens (including phenoxy) is 1. The second-order valence-corrected chi connectivity index (χ2v) is 4.59. The summed E-state index contributed by atoms with van der Waals surface area (Å²) in [6, 6.07) is 16.2. The normalized spacial score (nSPS) is 10.8. The average molecular weight is 252 g/mol. The largest absolute Gasteiger partial charge is 0.492 e. The van der Waals surface area contributed by atoms with Crippen LogP contribution in [0.4, 0.5) is 0 Å². The second kappa shape index (κ2) is 5.14. The van der Waals surface area contributed by atoms with Gasteiger partial charge >= 0.3 is 0 Å². The molecule has 96 valence electrons. The number of imidazole rings is 1. The quantitative estimate of drug-likeness (QED) is 0.711. The second-order valence-electron chi connectivity index (χ2n) is 4.59. The molecular formula is C16H16N2O. The van der Waals surface area contributed by atoms with Gasteiger partial charge in [0.15, 0.2) is 0 Å². The van der Waals surface area contributed by atoms with E-state index in [0.29, 0.717) is 6.61 Å². The lowest BCUT2D eigenvalue weighted by Gasteiger charge is -2.07. The number of benzene rings is 2. The highest BCUT2D eigenvalue weighted by Gasteiger charge is 2.01. The molecule has 19 heavy (non-hydrogen) atoms. The van der Waals surface area contributed by atoms with E-state index < -0.39 is 0 Å². The van der Waals surface area contributed by atoms with E-state index in [9.17, 15) is 0 Å². The van der Waals surface area contributed by atoms with Gasteiger partial charge in [0.1, 0.15) is 12.4 Å². The van der Waals surface area contributed by atoms with Gasteiger partial charge in [-0.05, 0) is 31.2 Å². The molecule has 0 aliphatic carbocycles. The van der Waals surface area contributed by atoms with Gasteiger partial charge in [-0.15, -0.1) is 0 Å². The van der Waals surface area contributed by atoms with Gasteiger partial charge in [0.05, 0.1) is 23.9 Å². The lowest BCUT2D eigenvalue weighted by Crippen LogP contribution is -2.07. The van der Waals surface area contributed by atoms with Crippen molar-refractivity contribution in [3.05, 3.63) is 60.4 Å². The molecule has 0 aliphatic rings. The predicted molar refractivity (Wildman–Crippen MR) is 76.4 cm³/mol. The van der Waals surface area contributed by atoms with E-state index in [1.807, 2.05) is 36.7 Å². The van der Waals surface area contributed by atoms with Gasteiger partial charge in [-0.2, -0.15) is 0 Å². The zero-order valence-corrected chi connectivity index (χ0v) is 10.9. The van der Waals surface area contributed by atoms with Gasteiger partial charge in [0, 0.05) is 0 Å². The number of aromatic nitrogens is 2. The van der Waals surface area contributed by atoms with Gasteiger partial charge < -0.3 is 9.30 Å². The Kier molecular flexibility index (Phi) is 3.19. The number of hydrogen-bond donors (Lipinski definition) is 0. The maximum atomic E-state index is 5.73. The van der Waals surface area contributed by atoms with E-state index >= 15 is 0 Å². The summed E-state index contributed by atoms with van der Waals surface area (Å²) in [5.41, 5.74) is 3.42. The number of para-hydroxylation sites is 2.